The summed E-state index contributed by atoms with van der Waals surface area (Å²) in [6, 6.07) is 0.361. The highest BCUT2D eigenvalue weighted by atomic mass is 16.2. The minimum atomic E-state index is 0.169. The second kappa shape index (κ2) is 5.33. The first-order valence-corrected chi connectivity index (χ1v) is 7.21. The Hall–Kier alpha value is -1.36. The van der Waals surface area contributed by atoms with Gasteiger partial charge < -0.3 is 5.32 Å². The number of amides is 1. The molecule has 0 aromatic carbocycles. The van der Waals surface area contributed by atoms with Crippen molar-refractivity contribution in [1.82, 2.24) is 20.0 Å². The van der Waals surface area contributed by atoms with Crippen molar-refractivity contribution in [3.8, 4) is 0 Å². The first kappa shape index (κ1) is 12.7. The van der Waals surface area contributed by atoms with E-state index in [-0.39, 0.29) is 5.91 Å². The highest BCUT2D eigenvalue weighted by Gasteiger charge is 2.29. The molecule has 1 atom stereocenters. The van der Waals surface area contributed by atoms with E-state index in [0.29, 0.717) is 12.6 Å². The average molecular weight is 262 g/mol. The van der Waals surface area contributed by atoms with Gasteiger partial charge in [-0.2, -0.15) is 5.10 Å². The van der Waals surface area contributed by atoms with Crippen LogP contribution in [0.3, 0.4) is 0 Å². The fourth-order valence-corrected chi connectivity index (χ4v) is 2.83. The van der Waals surface area contributed by atoms with E-state index in [4.69, 9.17) is 0 Å². The van der Waals surface area contributed by atoms with Gasteiger partial charge in [0.15, 0.2) is 0 Å². The van der Waals surface area contributed by atoms with Crippen molar-refractivity contribution in [2.24, 2.45) is 13.0 Å². The summed E-state index contributed by atoms with van der Waals surface area (Å²) < 4.78 is 1.83. The summed E-state index contributed by atoms with van der Waals surface area (Å²) in [7, 11) is 1.94. The Morgan fingerprint density at radius 1 is 1.47 bits per heavy atom. The van der Waals surface area contributed by atoms with Crippen LogP contribution in [0.5, 0.6) is 0 Å². The lowest BCUT2D eigenvalue weighted by Crippen LogP contribution is -2.37. The number of rotatable bonds is 5. The number of aromatic nitrogens is 2. The number of carbonyl (C=O) groups excluding carboxylic acids is 1. The molecule has 2 heterocycles. The Kier molecular flexibility index (Phi) is 3.55. The van der Waals surface area contributed by atoms with Gasteiger partial charge in [-0.15, -0.1) is 0 Å². The first-order valence-electron chi connectivity index (χ1n) is 7.21. The van der Waals surface area contributed by atoms with Gasteiger partial charge in [-0.3, -0.25) is 14.4 Å². The predicted octanol–water partition coefficient (Wildman–Crippen LogP) is 1.08. The number of aryl methyl sites for hydroxylation is 1. The lowest BCUT2D eigenvalue weighted by atomic mass is 10.1. The summed E-state index contributed by atoms with van der Waals surface area (Å²) >= 11 is 0. The van der Waals surface area contributed by atoms with E-state index in [1.165, 1.54) is 18.4 Å². The molecular weight excluding hydrogens is 240 g/mol. The molecule has 1 aromatic heterocycles. The topological polar surface area (TPSA) is 50.2 Å². The summed E-state index contributed by atoms with van der Waals surface area (Å²) in [5.74, 6) is 0.916. The lowest BCUT2D eigenvalue weighted by molar-refractivity contribution is -0.122. The van der Waals surface area contributed by atoms with Gasteiger partial charge in [0.05, 0.1) is 12.7 Å². The van der Waals surface area contributed by atoms with Gasteiger partial charge in [-0.25, -0.2) is 0 Å². The molecule has 1 N–H and O–H groups in total. The summed E-state index contributed by atoms with van der Waals surface area (Å²) in [6.45, 7) is 2.40. The van der Waals surface area contributed by atoms with Crippen LogP contribution >= 0.6 is 0 Å². The Labute approximate surface area is 114 Å². The minimum absolute atomic E-state index is 0.169. The van der Waals surface area contributed by atoms with E-state index < -0.39 is 0 Å². The molecule has 5 nitrogen and oxygen atoms in total. The van der Waals surface area contributed by atoms with Gasteiger partial charge in [0.25, 0.3) is 0 Å². The second-order valence-electron chi connectivity index (χ2n) is 5.82. The third-order valence-corrected chi connectivity index (χ3v) is 4.10. The van der Waals surface area contributed by atoms with Crippen LogP contribution in [0.4, 0.5) is 0 Å². The predicted molar refractivity (Wildman–Crippen MR) is 72.5 cm³/mol. The van der Waals surface area contributed by atoms with Crippen molar-refractivity contribution in [2.75, 3.05) is 19.6 Å². The van der Waals surface area contributed by atoms with Gasteiger partial charge in [0.1, 0.15) is 0 Å². The molecular formula is C14H22N4O. The number of nitrogens with zero attached hydrogens (tertiary/aromatic N) is 3. The van der Waals surface area contributed by atoms with Crippen LogP contribution in [0.2, 0.25) is 0 Å². The molecule has 1 amide bonds. The maximum Gasteiger partial charge on any atom is 0.234 e. The van der Waals surface area contributed by atoms with Crippen LogP contribution in [0, 0.1) is 5.92 Å². The number of carbonyl (C=O) groups is 1. The Morgan fingerprint density at radius 3 is 3.00 bits per heavy atom. The molecule has 0 radical (unpaired) electrons. The largest absolute Gasteiger partial charge is 0.355 e. The zero-order valence-corrected chi connectivity index (χ0v) is 11.5. The maximum atomic E-state index is 11.9. The normalized spacial score (nSPS) is 23.7. The molecule has 3 rings (SSSR count). The van der Waals surface area contributed by atoms with Crippen LogP contribution < -0.4 is 5.32 Å². The minimum Gasteiger partial charge on any atom is -0.355 e. The SMILES string of the molecule is Cn1cc([C@@H]2CCCN2CC(=O)NCC2CC2)cn1. The fraction of sp³-hybridized carbons (Fsp3) is 0.714. The van der Waals surface area contributed by atoms with Crippen molar-refractivity contribution in [2.45, 2.75) is 31.7 Å². The van der Waals surface area contributed by atoms with E-state index >= 15 is 0 Å². The molecule has 0 bridgehead atoms. The fourth-order valence-electron chi connectivity index (χ4n) is 2.83. The molecule has 2 fully saturated rings. The molecule has 2 aliphatic rings. The van der Waals surface area contributed by atoms with Crippen LogP contribution in [0.1, 0.15) is 37.3 Å². The van der Waals surface area contributed by atoms with Crippen molar-refractivity contribution >= 4 is 5.91 Å². The molecule has 1 aromatic rings. The number of nitrogens with one attached hydrogen (secondary N) is 1. The molecule has 19 heavy (non-hydrogen) atoms. The average Bonchev–Trinajstić information content (AvgIpc) is 2.95. The first-order chi connectivity index (χ1) is 9.22. The van der Waals surface area contributed by atoms with Crippen LogP contribution in [0.15, 0.2) is 12.4 Å². The monoisotopic (exact) mass is 262 g/mol. The van der Waals surface area contributed by atoms with Crippen LogP contribution in [-0.2, 0) is 11.8 Å². The molecule has 0 unspecified atom stereocenters. The van der Waals surface area contributed by atoms with Gasteiger partial charge >= 0.3 is 0 Å². The third-order valence-electron chi connectivity index (χ3n) is 4.10. The second-order valence-corrected chi connectivity index (χ2v) is 5.82. The number of hydrogen-bond donors (Lipinski definition) is 1. The summed E-state index contributed by atoms with van der Waals surface area (Å²) in [6.07, 6.45) is 8.83. The van der Waals surface area contributed by atoms with Gasteiger partial charge in [-0.1, -0.05) is 0 Å². The van der Waals surface area contributed by atoms with Gasteiger partial charge in [0.2, 0.25) is 5.91 Å². The van der Waals surface area contributed by atoms with Gasteiger partial charge in [-0.05, 0) is 38.1 Å². The van der Waals surface area contributed by atoms with Crippen LogP contribution in [0.25, 0.3) is 0 Å². The molecule has 1 saturated heterocycles. The molecule has 1 saturated carbocycles. The van der Waals surface area contributed by atoms with Gasteiger partial charge in [0, 0.05) is 31.4 Å². The van der Waals surface area contributed by atoms with E-state index in [2.05, 4.69) is 21.5 Å². The highest BCUT2D eigenvalue weighted by Crippen LogP contribution is 2.31. The quantitative estimate of drug-likeness (QED) is 0.864. The smallest absolute Gasteiger partial charge is 0.234 e. The zero-order valence-electron chi connectivity index (χ0n) is 11.5. The summed E-state index contributed by atoms with van der Waals surface area (Å²) in [5.41, 5.74) is 1.23. The van der Waals surface area contributed by atoms with E-state index in [1.54, 1.807) is 0 Å². The lowest BCUT2D eigenvalue weighted by Gasteiger charge is -2.22. The number of hydrogen-bond acceptors (Lipinski definition) is 3. The van der Waals surface area contributed by atoms with Crippen molar-refractivity contribution in [3.63, 3.8) is 0 Å². The summed E-state index contributed by atoms with van der Waals surface area (Å²) in [4.78, 5) is 14.2. The zero-order chi connectivity index (χ0) is 13.2. The molecule has 1 aliphatic heterocycles. The highest BCUT2D eigenvalue weighted by molar-refractivity contribution is 5.78. The van der Waals surface area contributed by atoms with Crippen molar-refractivity contribution in [1.29, 1.82) is 0 Å². The molecule has 5 heteroatoms. The van der Waals surface area contributed by atoms with E-state index in [0.717, 1.165) is 31.8 Å². The van der Waals surface area contributed by atoms with Crippen molar-refractivity contribution in [3.05, 3.63) is 18.0 Å². The standard InChI is InChI=1S/C14H22N4O/c1-17-9-12(8-16-17)13-3-2-6-18(13)10-14(19)15-7-11-4-5-11/h8-9,11,13H,2-7,10H2,1H3,(H,15,19)/t13-/m0/s1. The Morgan fingerprint density at radius 2 is 2.32 bits per heavy atom. The Bertz CT molecular complexity index is 452. The molecule has 0 spiro atoms. The van der Waals surface area contributed by atoms with E-state index in [1.807, 2.05) is 17.9 Å². The van der Waals surface area contributed by atoms with E-state index in [9.17, 15) is 4.79 Å². The summed E-state index contributed by atoms with van der Waals surface area (Å²) in [5, 5.41) is 7.28. The Balaban J connectivity index is 1.55. The van der Waals surface area contributed by atoms with Crippen molar-refractivity contribution < 1.29 is 4.79 Å². The maximum absolute atomic E-state index is 11.9. The number of likely N-dealkylation sites (tertiary alicyclic amines) is 1. The molecule has 104 valence electrons. The van der Waals surface area contributed by atoms with Crippen LogP contribution in [-0.4, -0.2) is 40.2 Å². The third kappa shape index (κ3) is 3.15. The molecule has 1 aliphatic carbocycles.